The molecule has 0 radical (unpaired) electrons. The van der Waals surface area contributed by atoms with E-state index in [4.69, 9.17) is 9.52 Å². The molecular formula is C13H22N2O5S. The van der Waals surface area contributed by atoms with Gasteiger partial charge in [-0.1, -0.05) is 6.92 Å². The van der Waals surface area contributed by atoms with Gasteiger partial charge in [0.1, 0.15) is 5.76 Å². The quantitative estimate of drug-likeness (QED) is 0.660. The number of sulfonamides is 1. The number of nitrogens with zero attached hydrogens (tertiary/aromatic N) is 1. The molecule has 1 heterocycles. The minimum Gasteiger partial charge on any atom is -0.475 e. The lowest BCUT2D eigenvalue weighted by molar-refractivity contribution is 0.0661. The predicted octanol–water partition coefficient (Wildman–Crippen LogP) is 1.05. The number of rotatable bonds is 9. The Morgan fingerprint density at radius 1 is 1.48 bits per heavy atom. The number of hydrogen-bond donors (Lipinski definition) is 2. The van der Waals surface area contributed by atoms with Gasteiger partial charge in [0.25, 0.3) is 0 Å². The van der Waals surface area contributed by atoms with Crippen LogP contribution in [0.15, 0.2) is 10.5 Å². The van der Waals surface area contributed by atoms with E-state index in [2.05, 4.69) is 5.32 Å². The summed E-state index contributed by atoms with van der Waals surface area (Å²) in [6, 6.07) is 1.50. The van der Waals surface area contributed by atoms with Gasteiger partial charge in [0.2, 0.25) is 15.8 Å². The smallest absolute Gasteiger partial charge is 0.371 e. The molecule has 0 unspecified atom stereocenters. The van der Waals surface area contributed by atoms with Gasteiger partial charge >= 0.3 is 5.97 Å². The second-order valence-electron chi connectivity index (χ2n) is 4.78. The standard InChI is InChI=1S/C13H22N2O5S/c1-4-15(21(3,18)19)7-5-6-14-9-11-8-12(13(16)17)20-10(11)2/h8,14H,4-7,9H2,1-3H3,(H,16,17). The summed E-state index contributed by atoms with van der Waals surface area (Å²) >= 11 is 0. The Bertz CT molecular complexity index is 579. The fourth-order valence-corrected chi connectivity index (χ4v) is 2.89. The number of nitrogens with one attached hydrogen (secondary N) is 1. The van der Waals surface area contributed by atoms with Crippen molar-refractivity contribution in [2.45, 2.75) is 26.8 Å². The Kier molecular flexibility index (Phi) is 6.38. The third kappa shape index (κ3) is 5.49. The largest absolute Gasteiger partial charge is 0.475 e. The molecule has 2 N–H and O–H groups in total. The van der Waals surface area contributed by atoms with Gasteiger partial charge < -0.3 is 14.8 Å². The molecule has 0 bridgehead atoms. The van der Waals surface area contributed by atoms with E-state index in [0.29, 0.717) is 38.4 Å². The summed E-state index contributed by atoms with van der Waals surface area (Å²) in [4.78, 5) is 10.8. The molecule has 0 fully saturated rings. The molecule has 1 aromatic heterocycles. The molecule has 0 aromatic carbocycles. The maximum Gasteiger partial charge on any atom is 0.371 e. The van der Waals surface area contributed by atoms with Crippen molar-refractivity contribution in [2.24, 2.45) is 0 Å². The van der Waals surface area contributed by atoms with Crippen LogP contribution in [0.4, 0.5) is 0 Å². The maximum absolute atomic E-state index is 11.4. The van der Waals surface area contributed by atoms with E-state index >= 15 is 0 Å². The summed E-state index contributed by atoms with van der Waals surface area (Å²) in [6.45, 7) is 5.57. The first-order valence-electron chi connectivity index (χ1n) is 6.74. The minimum absolute atomic E-state index is 0.0708. The monoisotopic (exact) mass is 318 g/mol. The zero-order valence-corrected chi connectivity index (χ0v) is 13.4. The van der Waals surface area contributed by atoms with Crippen molar-refractivity contribution in [3.8, 4) is 0 Å². The zero-order valence-electron chi connectivity index (χ0n) is 12.5. The van der Waals surface area contributed by atoms with E-state index in [-0.39, 0.29) is 5.76 Å². The summed E-state index contributed by atoms with van der Waals surface area (Å²) in [5, 5.41) is 12.0. The Labute approximate surface area is 125 Å². The second-order valence-corrected chi connectivity index (χ2v) is 6.76. The average Bonchev–Trinajstić information content (AvgIpc) is 2.74. The van der Waals surface area contributed by atoms with Gasteiger partial charge in [-0.15, -0.1) is 0 Å². The first kappa shape index (κ1) is 17.7. The van der Waals surface area contributed by atoms with Gasteiger partial charge in [-0.05, 0) is 26.0 Å². The normalized spacial score (nSPS) is 12.0. The topological polar surface area (TPSA) is 99.8 Å². The van der Waals surface area contributed by atoms with Crippen LogP contribution >= 0.6 is 0 Å². The van der Waals surface area contributed by atoms with Crippen molar-refractivity contribution < 1.29 is 22.7 Å². The lowest BCUT2D eigenvalue weighted by Crippen LogP contribution is -2.32. The first-order chi connectivity index (χ1) is 9.75. The third-order valence-corrected chi connectivity index (χ3v) is 4.51. The van der Waals surface area contributed by atoms with E-state index < -0.39 is 16.0 Å². The molecule has 0 atom stereocenters. The highest BCUT2D eigenvalue weighted by atomic mass is 32.2. The number of carboxylic acids is 1. The van der Waals surface area contributed by atoms with Crippen molar-refractivity contribution in [2.75, 3.05) is 25.9 Å². The Balaban J connectivity index is 2.36. The number of carbonyl (C=O) groups is 1. The van der Waals surface area contributed by atoms with E-state index in [1.54, 1.807) is 13.8 Å². The van der Waals surface area contributed by atoms with Crippen molar-refractivity contribution in [3.63, 3.8) is 0 Å². The van der Waals surface area contributed by atoms with Crippen LogP contribution in [0, 0.1) is 6.92 Å². The molecule has 0 aliphatic rings. The number of carboxylic acid groups (broad SMARTS) is 1. The fourth-order valence-electron chi connectivity index (χ4n) is 1.96. The molecule has 21 heavy (non-hydrogen) atoms. The SMILES string of the molecule is CCN(CCCNCc1cc(C(=O)O)oc1C)S(C)(=O)=O. The molecule has 0 aliphatic carbocycles. The summed E-state index contributed by atoms with van der Waals surface area (Å²) in [5.74, 6) is -0.583. The average molecular weight is 318 g/mol. The molecular weight excluding hydrogens is 296 g/mol. The van der Waals surface area contributed by atoms with Gasteiger partial charge in [-0.25, -0.2) is 17.5 Å². The van der Waals surface area contributed by atoms with E-state index in [1.165, 1.54) is 16.6 Å². The number of hydrogen-bond acceptors (Lipinski definition) is 5. The van der Waals surface area contributed by atoms with Gasteiger partial charge in [-0.2, -0.15) is 0 Å². The number of furan rings is 1. The summed E-state index contributed by atoms with van der Waals surface area (Å²) in [5.41, 5.74) is 0.794. The summed E-state index contributed by atoms with van der Waals surface area (Å²) in [6.07, 6.45) is 1.88. The maximum atomic E-state index is 11.4. The van der Waals surface area contributed by atoms with Gasteiger partial charge in [0, 0.05) is 25.2 Å². The molecule has 0 saturated carbocycles. The number of aryl methyl sites for hydroxylation is 1. The fraction of sp³-hybridized carbons (Fsp3) is 0.615. The van der Waals surface area contributed by atoms with Gasteiger partial charge in [0.15, 0.2) is 0 Å². The molecule has 120 valence electrons. The third-order valence-electron chi connectivity index (χ3n) is 3.13. The lowest BCUT2D eigenvalue weighted by atomic mass is 10.2. The van der Waals surface area contributed by atoms with Crippen LogP contribution in [-0.4, -0.2) is 49.7 Å². The highest BCUT2D eigenvalue weighted by Gasteiger charge is 2.14. The Morgan fingerprint density at radius 2 is 2.14 bits per heavy atom. The molecule has 0 saturated heterocycles. The van der Waals surface area contributed by atoms with Crippen molar-refractivity contribution in [1.29, 1.82) is 0 Å². The van der Waals surface area contributed by atoms with Gasteiger partial charge in [0.05, 0.1) is 6.26 Å². The Morgan fingerprint density at radius 3 is 2.62 bits per heavy atom. The highest BCUT2D eigenvalue weighted by molar-refractivity contribution is 7.88. The van der Waals surface area contributed by atoms with Crippen LogP contribution in [0.25, 0.3) is 0 Å². The lowest BCUT2D eigenvalue weighted by Gasteiger charge is -2.17. The highest BCUT2D eigenvalue weighted by Crippen LogP contribution is 2.14. The van der Waals surface area contributed by atoms with Crippen LogP contribution in [0.2, 0.25) is 0 Å². The summed E-state index contributed by atoms with van der Waals surface area (Å²) < 4.78 is 29.3. The molecule has 0 amide bonds. The van der Waals surface area contributed by atoms with E-state index in [0.717, 1.165) is 5.56 Å². The second kappa shape index (κ2) is 7.58. The van der Waals surface area contributed by atoms with Gasteiger partial charge in [-0.3, -0.25) is 0 Å². The van der Waals surface area contributed by atoms with Crippen LogP contribution in [0.5, 0.6) is 0 Å². The van der Waals surface area contributed by atoms with Crippen molar-refractivity contribution in [1.82, 2.24) is 9.62 Å². The molecule has 8 heteroatoms. The van der Waals surface area contributed by atoms with Crippen LogP contribution in [0.1, 0.15) is 35.2 Å². The molecule has 7 nitrogen and oxygen atoms in total. The molecule has 0 aliphatic heterocycles. The van der Waals surface area contributed by atoms with Crippen LogP contribution in [-0.2, 0) is 16.6 Å². The van der Waals surface area contributed by atoms with Crippen LogP contribution < -0.4 is 5.32 Å². The van der Waals surface area contributed by atoms with Crippen molar-refractivity contribution >= 4 is 16.0 Å². The number of aromatic carboxylic acids is 1. The predicted molar refractivity (Wildman–Crippen MR) is 78.8 cm³/mol. The summed E-state index contributed by atoms with van der Waals surface area (Å²) in [7, 11) is -3.14. The molecule has 1 rings (SSSR count). The zero-order chi connectivity index (χ0) is 16.0. The molecule has 0 spiro atoms. The van der Waals surface area contributed by atoms with E-state index in [1.807, 2.05) is 0 Å². The van der Waals surface area contributed by atoms with E-state index in [9.17, 15) is 13.2 Å². The van der Waals surface area contributed by atoms with Crippen LogP contribution in [0.3, 0.4) is 0 Å². The Hall–Kier alpha value is -1.38. The first-order valence-corrected chi connectivity index (χ1v) is 8.59. The molecule has 1 aromatic rings. The van der Waals surface area contributed by atoms with Crippen molar-refractivity contribution in [3.05, 3.63) is 23.2 Å². The minimum atomic E-state index is -3.14.